The summed E-state index contributed by atoms with van der Waals surface area (Å²) in [6.45, 7) is 2.05. The third kappa shape index (κ3) is 3.06. The van der Waals surface area contributed by atoms with Gasteiger partial charge in [0, 0.05) is 25.8 Å². The summed E-state index contributed by atoms with van der Waals surface area (Å²) in [5.41, 5.74) is 0. The Bertz CT molecular complexity index is 339. The van der Waals surface area contributed by atoms with Crippen LogP contribution in [0.25, 0.3) is 0 Å². The van der Waals surface area contributed by atoms with Crippen LogP contribution >= 0.6 is 11.6 Å². The number of hydrogen-bond acceptors (Lipinski definition) is 4. The minimum Gasteiger partial charge on any atom is -0.342 e. The molecule has 1 aliphatic rings. The van der Waals surface area contributed by atoms with E-state index in [-0.39, 0.29) is 0 Å². The van der Waals surface area contributed by atoms with Gasteiger partial charge in [-0.15, -0.1) is 0 Å². The number of nitrogens with one attached hydrogen (secondary N) is 1. The minimum atomic E-state index is 0.494. The van der Waals surface area contributed by atoms with Gasteiger partial charge in [-0.25, -0.2) is 9.97 Å². The van der Waals surface area contributed by atoms with Gasteiger partial charge in [0.15, 0.2) is 0 Å². The van der Waals surface area contributed by atoms with E-state index in [1.807, 2.05) is 7.05 Å². The van der Waals surface area contributed by atoms with Gasteiger partial charge in [0.2, 0.25) is 5.95 Å². The highest BCUT2D eigenvalue weighted by molar-refractivity contribution is 6.29. The van der Waals surface area contributed by atoms with Crippen molar-refractivity contribution >= 4 is 17.5 Å². The van der Waals surface area contributed by atoms with Gasteiger partial charge in [0.25, 0.3) is 0 Å². The lowest BCUT2D eigenvalue weighted by atomic mass is 10.0. The van der Waals surface area contributed by atoms with Crippen molar-refractivity contribution in [3.8, 4) is 0 Å². The zero-order chi connectivity index (χ0) is 11.4. The van der Waals surface area contributed by atoms with Gasteiger partial charge in [0.05, 0.1) is 0 Å². The van der Waals surface area contributed by atoms with Gasteiger partial charge >= 0.3 is 0 Å². The highest BCUT2D eigenvalue weighted by Gasteiger charge is 2.15. The maximum Gasteiger partial charge on any atom is 0.226 e. The minimum absolute atomic E-state index is 0.494. The summed E-state index contributed by atoms with van der Waals surface area (Å²) in [6.07, 6.45) is 5.51. The van der Waals surface area contributed by atoms with Gasteiger partial charge in [-0.2, -0.15) is 0 Å². The first kappa shape index (κ1) is 11.6. The van der Waals surface area contributed by atoms with Crippen LogP contribution in [-0.2, 0) is 0 Å². The summed E-state index contributed by atoms with van der Waals surface area (Å²) in [5, 5.41) is 4.00. The molecule has 1 fully saturated rings. The average Bonchev–Trinajstić information content (AvgIpc) is 2.30. The van der Waals surface area contributed by atoms with Crippen molar-refractivity contribution in [2.75, 3.05) is 25.0 Å². The van der Waals surface area contributed by atoms with Crippen LogP contribution in [0.1, 0.15) is 19.3 Å². The molecule has 0 amide bonds. The zero-order valence-corrected chi connectivity index (χ0v) is 10.2. The molecule has 0 aromatic carbocycles. The van der Waals surface area contributed by atoms with Crippen LogP contribution < -0.4 is 10.2 Å². The zero-order valence-electron chi connectivity index (χ0n) is 9.49. The number of piperidine rings is 1. The van der Waals surface area contributed by atoms with Crippen LogP contribution in [0.2, 0.25) is 5.15 Å². The maximum absolute atomic E-state index is 5.84. The van der Waals surface area contributed by atoms with Crippen molar-refractivity contribution in [1.29, 1.82) is 0 Å². The summed E-state index contributed by atoms with van der Waals surface area (Å²) in [5.74, 6) is 0.694. The van der Waals surface area contributed by atoms with E-state index in [1.54, 1.807) is 12.3 Å². The molecule has 88 valence electrons. The number of nitrogens with zero attached hydrogens (tertiary/aromatic N) is 3. The number of hydrogen-bond donors (Lipinski definition) is 1. The first-order valence-corrected chi connectivity index (χ1v) is 6.06. The van der Waals surface area contributed by atoms with E-state index in [0.29, 0.717) is 17.1 Å². The molecule has 1 saturated heterocycles. The quantitative estimate of drug-likeness (QED) is 0.817. The first-order chi connectivity index (χ1) is 7.75. The molecule has 0 radical (unpaired) electrons. The number of rotatable bonds is 3. The molecule has 1 aromatic heterocycles. The fourth-order valence-corrected chi connectivity index (χ4v) is 2.14. The average molecular weight is 241 g/mol. The van der Waals surface area contributed by atoms with Crippen molar-refractivity contribution < 1.29 is 0 Å². The molecule has 1 aromatic rings. The Labute approximate surface area is 101 Å². The standard InChI is InChI=1S/C11H17ClN4/c1-16(8-9-4-2-3-6-13-9)11-14-7-5-10(12)15-11/h5,7,9,13H,2-4,6,8H2,1H3. The molecule has 0 saturated carbocycles. The van der Waals surface area contributed by atoms with E-state index in [2.05, 4.69) is 20.2 Å². The van der Waals surface area contributed by atoms with Crippen molar-refractivity contribution in [1.82, 2.24) is 15.3 Å². The Morgan fingerprint density at radius 1 is 1.56 bits per heavy atom. The second kappa shape index (κ2) is 5.46. The topological polar surface area (TPSA) is 41.0 Å². The number of aromatic nitrogens is 2. The van der Waals surface area contributed by atoms with Gasteiger partial charge in [-0.05, 0) is 25.5 Å². The molecule has 0 aliphatic carbocycles. The predicted molar refractivity (Wildman–Crippen MR) is 66.0 cm³/mol. The Hall–Kier alpha value is -0.870. The normalized spacial score (nSPS) is 20.8. The van der Waals surface area contributed by atoms with Crippen LogP contribution in [0, 0.1) is 0 Å². The second-order valence-corrected chi connectivity index (χ2v) is 4.59. The third-order valence-corrected chi connectivity index (χ3v) is 3.07. The van der Waals surface area contributed by atoms with Gasteiger partial charge in [-0.3, -0.25) is 0 Å². The lowest BCUT2D eigenvalue weighted by Crippen LogP contribution is -2.42. The summed E-state index contributed by atoms with van der Waals surface area (Å²) in [7, 11) is 2.00. The smallest absolute Gasteiger partial charge is 0.226 e. The lowest BCUT2D eigenvalue weighted by molar-refractivity contribution is 0.402. The molecule has 1 aliphatic heterocycles. The van der Waals surface area contributed by atoms with Gasteiger partial charge in [0.1, 0.15) is 5.15 Å². The third-order valence-electron chi connectivity index (χ3n) is 2.86. The highest BCUT2D eigenvalue weighted by atomic mass is 35.5. The van der Waals surface area contributed by atoms with E-state index >= 15 is 0 Å². The molecule has 1 unspecified atom stereocenters. The van der Waals surface area contributed by atoms with Crippen LogP contribution in [0.4, 0.5) is 5.95 Å². The summed E-state index contributed by atoms with van der Waals surface area (Å²) < 4.78 is 0. The Morgan fingerprint density at radius 3 is 3.12 bits per heavy atom. The van der Waals surface area contributed by atoms with E-state index in [4.69, 9.17) is 11.6 Å². The SMILES string of the molecule is CN(CC1CCCCN1)c1nccc(Cl)n1. The van der Waals surface area contributed by atoms with E-state index in [9.17, 15) is 0 Å². The van der Waals surface area contributed by atoms with Crippen molar-refractivity contribution in [2.45, 2.75) is 25.3 Å². The van der Waals surface area contributed by atoms with Crippen molar-refractivity contribution in [3.63, 3.8) is 0 Å². The monoisotopic (exact) mass is 240 g/mol. The summed E-state index contributed by atoms with van der Waals surface area (Å²) in [4.78, 5) is 10.4. The molecular formula is C11H17ClN4. The molecule has 1 N–H and O–H groups in total. The van der Waals surface area contributed by atoms with E-state index in [1.165, 1.54) is 19.3 Å². The lowest BCUT2D eigenvalue weighted by Gasteiger charge is -2.28. The van der Waals surface area contributed by atoms with Gasteiger partial charge < -0.3 is 10.2 Å². The fourth-order valence-electron chi connectivity index (χ4n) is 2.00. The molecule has 5 heteroatoms. The predicted octanol–water partition coefficient (Wildman–Crippen LogP) is 1.71. The van der Waals surface area contributed by atoms with Crippen molar-refractivity contribution in [3.05, 3.63) is 17.4 Å². The van der Waals surface area contributed by atoms with Crippen LogP contribution in [0.15, 0.2) is 12.3 Å². The van der Waals surface area contributed by atoms with Crippen LogP contribution in [0.5, 0.6) is 0 Å². The fraction of sp³-hybridized carbons (Fsp3) is 0.636. The Kier molecular flexibility index (Phi) is 3.96. The van der Waals surface area contributed by atoms with Crippen LogP contribution in [-0.4, -0.2) is 36.1 Å². The maximum atomic E-state index is 5.84. The summed E-state index contributed by atoms with van der Waals surface area (Å²) >= 11 is 5.84. The van der Waals surface area contributed by atoms with Crippen molar-refractivity contribution in [2.24, 2.45) is 0 Å². The molecule has 2 heterocycles. The van der Waals surface area contributed by atoms with E-state index in [0.717, 1.165) is 13.1 Å². The number of anilines is 1. The Morgan fingerprint density at radius 2 is 2.44 bits per heavy atom. The largest absolute Gasteiger partial charge is 0.342 e. The highest BCUT2D eigenvalue weighted by Crippen LogP contribution is 2.12. The van der Waals surface area contributed by atoms with E-state index < -0.39 is 0 Å². The molecule has 4 nitrogen and oxygen atoms in total. The number of halogens is 1. The summed E-state index contributed by atoms with van der Waals surface area (Å²) in [6, 6.07) is 2.24. The van der Waals surface area contributed by atoms with Crippen LogP contribution in [0.3, 0.4) is 0 Å². The number of likely N-dealkylation sites (N-methyl/N-ethyl adjacent to an activating group) is 1. The molecule has 0 bridgehead atoms. The molecule has 16 heavy (non-hydrogen) atoms. The molecule has 0 spiro atoms. The van der Waals surface area contributed by atoms with Gasteiger partial charge in [-0.1, -0.05) is 18.0 Å². The molecule has 1 atom stereocenters. The molecule has 2 rings (SSSR count). The Balaban J connectivity index is 1.94. The first-order valence-electron chi connectivity index (χ1n) is 5.69. The second-order valence-electron chi connectivity index (χ2n) is 4.21. The molecular weight excluding hydrogens is 224 g/mol.